The van der Waals surface area contributed by atoms with Gasteiger partial charge in [0, 0.05) is 11.6 Å². The van der Waals surface area contributed by atoms with E-state index in [2.05, 4.69) is 5.32 Å². The topological polar surface area (TPSA) is 49.3 Å². The summed E-state index contributed by atoms with van der Waals surface area (Å²) in [6.45, 7) is 1.83. The van der Waals surface area contributed by atoms with Crippen LogP contribution in [0, 0.1) is 5.82 Å². The number of halogens is 1. The number of hydrogen-bond acceptors (Lipinski definition) is 2. The summed E-state index contributed by atoms with van der Waals surface area (Å²) in [6.07, 6.45) is 0. The minimum atomic E-state index is -0.967. The third-order valence-corrected chi connectivity index (χ3v) is 3.24. The summed E-state index contributed by atoms with van der Waals surface area (Å²) in [7, 11) is 0. The highest BCUT2D eigenvalue weighted by Gasteiger charge is 2.25. The molecule has 20 heavy (non-hydrogen) atoms. The summed E-state index contributed by atoms with van der Waals surface area (Å²) >= 11 is 0. The summed E-state index contributed by atoms with van der Waals surface area (Å²) in [5.74, 6) is -1.60. The van der Waals surface area contributed by atoms with Crippen molar-refractivity contribution < 1.29 is 14.3 Å². The van der Waals surface area contributed by atoms with Crippen LogP contribution < -0.4 is 5.32 Å². The molecule has 0 aliphatic carbocycles. The molecule has 0 amide bonds. The van der Waals surface area contributed by atoms with Gasteiger partial charge in [0.25, 0.3) is 0 Å². The number of aliphatic carboxylic acids is 1. The second-order valence-corrected chi connectivity index (χ2v) is 4.67. The number of anilines is 1. The van der Waals surface area contributed by atoms with Crippen LogP contribution in [0.25, 0.3) is 0 Å². The molecule has 104 valence electrons. The molecule has 0 saturated carbocycles. The second-order valence-electron chi connectivity index (χ2n) is 4.67. The van der Waals surface area contributed by atoms with Crippen LogP contribution in [0.5, 0.6) is 0 Å². The Labute approximate surface area is 117 Å². The molecular formula is C16H16FNO2. The van der Waals surface area contributed by atoms with Gasteiger partial charge < -0.3 is 10.4 Å². The van der Waals surface area contributed by atoms with E-state index in [1.807, 2.05) is 37.3 Å². The highest BCUT2D eigenvalue weighted by atomic mass is 19.1. The lowest BCUT2D eigenvalue weighted by Crippen LogP contribution is -2.34. The van der Waals surface area contributed by atoms with E-state index >= 15 is 0 Å². The first-order valence-corrected chi connectivity index (χ1v) is 6.38. The molecule has 0 aliphatic rings. The largest absolute Gasteiger partial charge is 0.480 e. The molecule has 0 aromatic heterocycles. The predicted octanol–water partition coefficient (Wildman–Crippen LogP) is 3.49. The molecule has 2 aromatic rings. The van der Waals surface area contributed by atoms with Crippen molar-refractivity contribution in [2.24, 2.45) is 0 Å². The zero-order valence-corrected chi connectivity index (χ0v) is 11.1. The molecule has 0 spiro atoms. The van der Waals surface area contributed by atoms with Crippen molar-refractivity contribution in [3.63, 3.8) is 0 Å². The fourth-order valence-corrected chi connectivity index (χ4v) is 2.11. The molecule has 0 heterocycles. The molecular weight excluding hydrogens is 257 g/mol. The van der Waals surface area contributed by atoms with Crippen molar-refractivity contribution >= 4 is 11.7 Å². The molecule has 0 radical (unpaired) electrons. The zero-order valence-electron chi connectivity index (χ0n) is 11.1. The third-order valence-electron chi connectivity index (χ3n) is 3.24. The first-order chi connectivity index (χ1) is 9.58. The van der Waals surface area contributed by atoms with Crippen molar-refractivity contribution in [2.75, 3.05) is 5.32 Å². The van der Waals surface area contributed by atoms with Crippen LogP contribution in [-0.2, 0) is 4.79 Å². The number of carboxylic acids is 1. The molecule has 2 aromatic carbocycles. The smallest absolute Gasteiger partial charge is 0.326 e. The van der Waals surface area contributed by atoms with Crippen LogP contribution in [0.1, 0.15) is 18.4 Å². The quantitative estimate of drug-likeness (QED) is 0.876. The fraction of sp³-hybridized carbons (Fsp3) is 0.188. The van der Waals surface area contributed by atoms with Crippen molar-refractivity contribution in [1.82, 2.24) is 0 Å². The molecule has 0 fully saturated rings. The summed E-state index contributed by atoms with van der Waals surface area (Å²) in [4.78, 5) is 11.4. The monoisotopic (exact) mass is 273 g/mol. The highest BCUT2D eigenvalue weighted by molar-refractivity contribution is 5.78. The molecule has 0 bridgehead atoms. The Morgan fingerprint density at radius 1 is 1.15 bits per heavy atom. The van der Waals surface area contributed by atoms with E-state index in [1.165, 1.54) is 12.1 Å². The molecule has 2 rings (SSSR count). The maximum absolute atomic E-state index is 13.2. The van der Waals surface area contributed by atoms with Gasteiger partial charge in [-0.15, -0.1) is 0 Å². The number of benzene rings is 2. The number of carboxylic acid groups (broad SMARTS) is 1. The lowest BCUT2D eigenvalue weighted by atomic mass is 9.93. The number of hydrogen-bond donors (Lipinski definition) is 2. The van der Waals surface area contributed by atoms with Crippen LogP contribution in [0.4, 0.5) is 10.1 Å². The number of rotatable bonds is 5. The Hall–Kier alpha value is -2.36. The maximum atomic E-state index is 13.2. The van der Waals surface area contributed by atoms with Gasteiger partial charge in [0.2, 0.25) is 0 Å². The van der Waals surface area contributed by atoms with Gasteiger partial charge in [-0.3, -0.25) is 0 Å². The normalized spacial score (nSPS) is 13.5. The zero-order chi connectivity index (χ0) is 14.5. The van der Waals surface area contributed by atoms with Crippen molar-refractivity contribution in [3.05, 3.63) is 66.0 Å². The summed E-state index contributed by atoms with van der Waals surface area (Å²) in [5, 5.41) is 12.3. The summed E-state index contributed by atoms with van der Waals surface area (Å²) in [5.41, 5.74) is 1.38. The van der Waals surface area contributed by atoms with Gasteiger partial charge in [-0.05, 0) is 23.8 Å². The number of carbonyl (C=O) groups is 1. The predicted molar refractivity (Wildman–Crippen MR) is 76.3 cm³/mol. The highest BCUT2D eigenvalue weighted by Crippen LogP contribution is 2.22. The first kappa shape index (κ1) is 14.1. The van der Waals surface area contributed by atoms with E-state index in [-0.39, 0.29) is 5.92 Å². The van der Waals surface area contributed by atoms with E-state index in [0.717, 1.165) is 5.56 Å². The average molecular weight is 273 g/mol. The van der Waals surface area contributed by atoms with Gasteiger partial charge in [-0.25, -0.2) is 9.18 Å². The van der Waals surface area contributed by atoms with Crippen LogP contribution in [0.15, 0.2) is 54.6 Å². The molecule has 3 nitrogen and oxygen atoms in total. The van der Waals surface area contributed by atoms with Gasteiger partial charge in [0.05, 0.1) is 0 Å². The molecule has 4 heteroatoms. The Bertz CT molecular complexity index is 586. The average Bonchev–Trinajstić information content (AvgIpc) is 2.45. The van der Waals surface area contributed by atoms with Crippen molar-refractivity contribution in [3.8, 4) is 0 Å². The van der Waals surface area contributed by atoms with Crippen LogP contribution in [0.3, 0.4) is 0 Å². The molecule has 0 saturated heterocycles. The summed E-state index contributed by atoms with van der Waals surface area (Å²) < 4.78 is 13.2. The van der Waals surface area contributed by atoms with Crippen LogP contribution >= 0.6 is 0 Å². The molecule has 0 aliphatic heterocycles. The van der Waals surface area contributed by atoms with Gasteiger partial charge in [0.1, 0.15) is 11.9 Å². The fourth-order valence-electron chi connectivity index (χ4n) is 2.11. The molecule has 2 unspecified atom stereocenters. The first-order valence-electron chi connectivity index (χ1n) is 6.38. The van der Waals surface area contributed by atoms with E-state index in [1.54, 1.807) is 12.1 Å². The Balaban J connectivity index is 2.21. The van der Waals surface area contributed by atoms with Gasteiger partial charge in [-0.1, -0.05) is 43.3 Å². The van der Waals surface area contributed by atoms with E-state index in [0.29, 0.717) is 5.69 Å². The Morgan fingerprint density at radius 3 is 2.45 bits per heavy atom. The lowest BCUT2D eigenvalue weighted by molar-refractivity contribution is -0.138. The van der Waals surface area contributed by atoms with Crippen LogP contribution in [0.2, 0.25) is 0 Å². The lowest BCUT2D eigenvalue weighted by Gasteiger charge is -2.22. The maximum Gasteiger partial charge on any atom is 0.326 e. The Morgan fingerprint density at radius 2 is 1.85 bits per heavy atom. The summed E-state index contributed by atoms with van der Waals surface area (Å²) in [6, 6.07) is 14.4. The van der Waals surface area contributed by atoms with E-state index in [4.69, 9.17) is 0 Å². The molecule has 2 N–H and O–H groups in total. The van der Waals surface area contributed by atoms with Gasteiger partial charge >= 0.3 is 5.97 Å². The number of nitrogens with one attached hydrogen (secondary N) is 1. The van der Waals surface area contributed by atoms with E-state index < -0.39 is 17.8 Å². The van der Waals surface area contributed by atoms with Gasteiger partial charge in [-0.2, -0.15) is 0 Å². The van der Waals surface area contributed by atoms with Gasteiger partial charge in [0.15, 0.2) is 0 Å². The van der Waals surface area contributed by atoms with Crippen LogP contribution in [-0.4, -0.2) is 17.1 Å². The van der Waals surface area contributed by atoms with Crippen molar-refractivity contribution in [2.45, 2.75) is 18.9 Å². The Kier molecular flexibility index (Phi) is 4.35. The SMILES string of the molecule is CC(c1ccccc1)C(Nc1cccc(F)c1)C(=O)O. The minimum absolute atomic E-state index is 0.239. The van der Waals surface area contributed by atoms with E-state index in [9.17, 15) is 14.3 Å². The standard InChI is InChI=1S/C16H16FNO2/c1-11(12-6-3-2-4-7-12)15(16(19)20)18-14-9-5-8-13(17)10-14/h2-11,15,18H,1H3,(H,19,20). The third kappa shape index (κ3) is 3.35. The second kappa shape index (κ2) is 6.19. The minimum Gasteiger partial charge on any atom is -0.480 e. The molecule has 2 atom stereocenters. The van der Waals surface area contributed by atoms with Crippen molar-refractivity contribution in [1.29, 1.82) is 0 Å².